The molecule has 3 nitrogen and oxygen atoms in total. The van der Waals surface area contributed by atoms with Crippen LogP contribution in [0.5, 0.6) is 0 Å². The molecule has 1 rings (SSSR count). The van der Waals surface area contributed by atoms with Crippen molar-refractivity contribution in [2.24, 2.45) is 0 Å². The molecule has 0 aliphatic heterocycles. The van der Waals surface area contributed by atoms with Gasteiger partial charge < -0.3 is 15.5 Å². The fourth-order valence-electron chi connectivity index (χ4n) is 1.80. The highest BCUT2D eigenvalue weighted by Gasteiger charge is 2.32. The number of hydrogen-bond acceptors (Lipinski definition) is 3. The van der Waals surface area contributed by atoms with E-state index in [0.29, 0.717) is 6.54 Å². The zero-order chi connectivity index (χ0) is 10.8. The van der Waals surface area contributed by atoms with Crippen molar-refractivity contribution in [2.75, 3.05) is 6.54 Å². The highest BCUT2D eigenvalue weighted by Crippen LogP contribution is 2.28. The van der Waals surface area contributed by atoms with Crippen LogP contribution in [-0.4, -0.2) is 34.0 Å². The molecule has 3 N–H and O–H groups in total. The second kappa shape index (κ2) is 4.17. The molecular formula is C11H23NO2. The van der Waals surface area contributed by atoms with Crippen LogP contribution in [0.4, 0.5) is 0 Å². The molecule has 1 saturated carbocycles. The first-order chi connectivity index (χ1) is 6.33. The van der Waals surface area contributed by atoms with Gasteiger partial charge in [-0.1, -0.05) is 12.8 Å². The molecule has 1 aliphatic carbocycles. The van der Waals surface area contributed by atoms with Gasteiger partial charge in [-0.05, 0) is 33.6 Å². The van der Waals surface area contributed by atoms with Crippen LogP contribution in [0.25, 0.3) is 0 Å². The van der Waals surface area contributed by atoms with Crippen LogP contribution in [-0.2, 0) is 0 Å². The average Bonchev–Trinajstić information content (AvgIpc) is 2.47. The highest BCUT2D eigenvalue weighted by atomic mass is 16.3. The maximum absolute atomic E-state index is 10.1. The first kappa shape index (κ1) is 12.0. The summed E-state index contributed by atoms with van der Waals surface area (Å²) < 4.78 is 0. The predicted octanol–water partition coefficient (Wildman–Crippen LogP) is 1.04. The summed E-state index contributed by atoms with van der Waals surface area (Å²) in [4.78, 5) is 0. The summed E-state index contributed by atoms with van der Waals surface area (Å²) in [6, 6.07) is 0.00660. The first-order valence-electron chi connectivity index (χ1n) is 5.52. The van der Waals surface area contributed by atoms with Crippen LogP contribution in [0.3, 0.4) is 0 Å². The van der Waals surface area contributed by atoms with Crippen LogP contribution < -0.4 is 5.32 Å². The molecule has 1 aliphatic rings. The minimum absolute atomic E-state index is 0.00660. The summed E-state index contributed by atoms with van der Waals surface area (Å²) >= 11 is 0. The van der Waals surface area contributed by atoms with Gasteiger partial charge in [-0.15, -0.1) is 0 Å². The Morgan fingerprint density at radius 2 is 1.86 bits per heavy atom. The van der Waals surface area contributed by atoms with Crippen LogP contribution in [0.15, 0.2) is 0 Å². The van der Waals surface area contributed by atoms with Crippen molar-refractivity contribution >= 4 is 0 Å². The summed E-state index contributed by atoms with van der Waals surface area (Å²) in [7, 11) is 0. The SMILES string of the molecule is CC(NCC1(O)CCCC1)C(C)(C)O. The van der Waals surface area contributed by atoms with Gasteiger partial charge in [0, 0.05) is 12.6 Å². The smallest absolute Gasteiger partial charge is 0.0771 e. The van der Waals surface area contributed by atoms with Crippen molar-refractivity contribution in [3.8, 4) is 0 Å². The van der Waals surface area contributed by atoms with Gasteiger partial charge in [-0.25, -0.2) is 0 Å². The van der Waals surface area contributed by atoms with E-state index in [-0.39, 0.29) is 6.04 Å². The molecule has 1 fully saturated rings. The Kier molecular flexibility index (Phi) is 3.56. The third-order valence-electron chi connectivity index (χ3n) is 3.33. The summed E-state index contributed by atoms with van der Waals surface area (Å²) in [5.74, 6) is 0. The van der Waals surface area contributed by atoms with Crippen LogP contribution in [0.2, 0.25) is 0 Å². The maximum atomic E-state index is 10.1. The predicted molar refractivity (Wildman–Crippen MR) is 57.2 cm³/mol. The Labute approximate surface area is 86.5 Å². The Morgan fingerprint density at radius 3 is 2.29 bits per heavy atom. The monoisotopic (exact) mass is 201 g/mol. The van der Waals surface area contributed by atoms with E-state index in [2.05, 4.69) is 5.32 Å². The second-order valence-electron chi connectivity index (χ2n) is 5.19. The molecule has 0 saturated heterocycles. The highest BCUT2D eigenvalue weighted by molar-refractivity contribution is 4.89. The van der Waals surface area contributed by atoms with Crippen molar-refractivity contribution in [3.63, 3.8) is 0 Å². The van der Waals surface area contributed by atoms with Gasteiger partial charge in [0.05, 0.1) is 11.2 Å². The lowest BCUT2D eigenvalue weighted by Gasteiger charge is -2.31. The van der Waals surface area contributed by atoms with Crippen LogP contribution >= 0.6 is 0 Å². The molecule has 1 unspecified atom stereocenters. The molecule has 0 radical (unpaired) electrons. The summed E-state index contributed by atoms with van der Waals surface area (Å²) in [6.45, 7) is 6.10. The molecule has 0 amide bonds. The molecule has 0 aromatic rings. The number of aliphatic hydroxyl groups is 2. The minimum atomic E-state index is -0.727. The Bertz CT molecular complexity index is 180. The number of hydrogen-bond donors (Lipinski definition) is 3. The van der Waals surface area contributed by atoms with E-state index < -0.39 is 11.2 Å². The molecule has 14 heavy (non-hydrogen) atoms. The topological polar surface area (TPSA) is 52.5 Å². The van der Waals surface area contributed by atoms with E-state index in [9.17, 15) is 10.2 Å². The molecule has 84 valence electrons. The molecule has 0 heterocycles. The van der Waals surface area contributed by atoms with Crippen LogP contribution in [0, 0.1) is 0 Å². The van der Waals surface area contributed by atoms with E-state index >= 15 is 0 Å². The Hall–Kier alpha value is -0.120. The van der Waals surface area contributed by atoms with Crippen molar-refractivity contribution in [2.45, 2.75) is 63.7 Å². The minimum Gasteiger partial charge on any atom is -0.389 e. The second-order valence-corrected chi connectivity index (χ2v) is 5.19. The van der Waals surface area contributed by atoms with Gasteiger partial charge in [-0.3, -0.25) is 0 Å². The van der Waals surface area contributed by atoms with E-state index in [0.717, 1.165) is 25.7 Å². The molecule has 0 aromatic heterocycles. The van der Waals surface area contributed by atoms with Crippen LogP contribution in [0.1, 0.15) is 46.5 Å². The Morgan fingerprint density at radius 1 is 1.36 bits per heavy atom. The fourth-order valence-corrected chi connectivity index (χ4v) is 1.80. The average molecular weight is 201 g/mol. The standard InChI is InChI=1S/C11H23NO2/c1-9(10(2,3)13)12-8-11(14)6-4-5-7-11/h9,12-14H,4-8H2,1-3H3. The van der Waals surface area contributed by atoms with E-state index in [1.54, 1.807) is 13.8 Å². The van der Waals surface area contributed by atoms with Gasteiger partial charge >= 0.3 is 0 Å². The van der Waals surface area contributed by atoms with Gasteiger partial charge in [-0.2, -0.15) is 0 Å². The Balaban J connectivity index is 2.33. The zero-order valence-corrected chi connectivity index (χ0v) is 9.51. The molecule has 3 heteroatoms. The number of rotatable bonds is 4. The maximum Gasteiger partial charge on any atom is 0.0771 e. The van der Waals surface area contributed by atoms with Gasteiger partial charge in [0.2, 0.25) is 0 Å². The lowest BCUT2D eigenvalue weighted by Crippen LogP contribution is -2.50. The fraction of sp³-hybridized carbons (Fsp3) is 1.00. The third kappa shape index (κ3) is 3.23. The lowest BCUT2D eigenvalue weighted by molar-refractivity contribution is 0.0141. The molecule has 0 spiro atoms. The van der Waals surface area contributed by atoms with E-state index in [4.69, 9.17) is 0 Å². The third-order valence-corrected chi connectivity index (χ3v) is 3.33. The first-order valence-corrected chi connectivity index (χ1v) is 5.52. The zero-order valence-electron chi connectivity index (χ0n) is 9.51. The molecule has 0 bridgehead atoms. The summed E-state index contributed by atoms with van der Waals surface area (Å²) in [5, 5.41) is 23.0. The lowest BCUT2D eigenvalue weighted by atomic mass is 9.98. The molecular weight excluding hydrogens is 178 g/mol. The van der Waals surface area contributed by atoms with Crippen molar-refractivity contribution in [1.82, 2.24) is 5.32 Å². The van der Waals surface area contributed by atoms with E-state index in [1.807, 2.05) is 6.92 Å². The largest absolute Gasteiger partial charge is 0.389 e. The normalized spacial score (nSPS) is 23.8. The van der Waals surface area contributed by atoms with Crippen molar-refractivity contribution < 1.29 is 10.2 Å². The van der Waals surface area contributed by atoms with Gasteiger partial charge in [0.15, 0.2) is 0 Å². The summed E-state index contributed by atoms with van der Waals surface area (Å²) in [5.41, 5.74) is -1.26. The molecule has 0 aromatic carbocycles. The summed E-state index contributed by atoms with van der Waals surface area (Å²) in [6.07, 6.45) is 4.02. The van der Waals surface area contributed by atoms with E-state index in [1.165, 1.54) is 0 Å². The van der Waals surface area contributed by atoms with Crippen molar-refractivity contribution in [3.05, 3.63) is 0 Å². The van der Waals surface area contributed by atoms with Gasteiger partial charge in [0.25, 0.3) is 0 Å². The molecule has 1 atom stereocenters. The quantitative estimate of drug-likeness (QED) is 0.637. The number of nitrogens with one attached hydrogen (secondary N) is 1. The van der Waals surface area contributed by atoms with Gasteiger partial charge in [0.1, 0.15) is 0 Å². The van der Waals surface area contributed by atoms with Crippen molar-refractivity contribution in [1.29, 1.82) is 0 Å².